The molecule has 1 N–H and O–H groups in total. The highest BCUT2D eigenvalue weighted by atomic mass is 16.5. The molecule has 2 aromatic rings. The molecule has 2 amide bonds. The molecule has 1 aliphatic heterocycles. The number of rotatable bonds is 17. The largest absolute Gasteiger partial charge is 0.426 e. The average molecular weight is 480 g/mol. The molecule has 0 bridgehead atoms. The summed E-state index contributed by atoms with van der Waals surface area (Å²) in [5, 5.41) is 3.67. The number of ether oxygens (including phenoxy) is 1. The van der Waals surface area contributed by atoms with Crippen molar-refractivity contribution in [2.24, 2.45) is 0 Å². The molecule has 0 aliphatic carbocycles. The molecule has 190 valence electrons. The fourth-order valence-corrected chi connectivity index (χ4v) is 4.91. The summed E-state index contributed by atoms with van der Waals surface area (Å²) >= 11 is 0. The van der Waals surface area contributed by atoms with Gasteiger partial charge in [0.2, 0.25) is 0 Å². The van der Waals surface area contributed by atoms with E-state index in [4.69, 9.17) is 4.74 Å². The highest BCUT2D eigenvalue weighted by molar-refractivity contribution is 6.26. The Bertz CT molecular complexity index is 997. The van der Waals surface area contributed by atoms with E-state index in [0.29, 0.717) is 17.4 Å². The van der Waals surface area contributed by atoms with E-state index >= 15 is 0 Å². The van der Waals surface area contributed by atoms with Gasteiger partial charge < -0.3 is 4.74 Å². The number of esters is 1. The van der Waals surface area contributed by atoms with Gasteiger partial charge in [0.25, 0.3) is 11.8 Å². The number of imide groups is 1. The van der Waals surface area contributed by atoms with Crippen molar-refractivity contribution >= 4 is 28.6 Å². The summed E-state index contributed by atoms with van der Waals surface area (Å²) in [6.07, 6.45) is 19.5. The first-order valence-corrected chi connectivity index (χ1v) is 13.7. The van der Waals surface area contributed by atoms with Gasteiger partial charge in [-0.2, -0.15) is 0 Å². The van der Waals surface area contributed by atoms with Crippen LogP contribution in [0.5, 0.6) is 5.75 Å². The summed E-state index contributed by atoms with van der Waals surface area (Å²) < 4.78 is 5.55. The predicted octanol–water partition coefficient (Wildman–Crippen LogP) is 7.89. The van der Waals surface area contributed by atoms with Gasteiger partial charge in [-0.25, -0.2) is 0 Å². The summed E-state index contributed by atoms with van der Waals surface area (Å²) in [6, 6.07) is 8.72. The molecule has 0 saturated carbocycles. The Balaban J connectivity index is 1.28. The summed E-state index contributed by atoms with van der Waals surface area (Å²) in [4.78, 5) is 37.0. The summed E-state index contributed by atoms with van der Waals surface area (Å²) in [5.74, 6) is -1.05. The molecule has 0 radical (unpaired) electrons. The molecule has 0 atom stereocenters. The minimum atomic E-state index is -0.519. The van der Waals surface area contributed by atoms with Crippen LogP contribution in [0.15, 0.2) is 30.3 Å². The molecule has 0 aromatic heterocycles. The molecule has 5 nitrogen and oxygen atoms in total. The molecule has 3 rings (SSSR count). The Hall–Kier alpha value is -2.69. The van der Waals surface area contributed by atoms with Crippen molar-refractivity contribution in [2.75, 3.05) is 0 Å². The molecule has 2 aromatic carbocycles. The van der Waals surface area contributed by atoms with Crippen LogP contribution in [0.3, 0.4) is 0 Å². The smallest absolute Gasteiger partial charge is 0.311 e. The van der Waals surface area contributed by atoms with Crippen LogP contribution in [0, 0.1) is 0 Å². The zero-order chi connectivity index (χ0) is 24.9. The number of hydrogen-bond donors (Lipinski definition) is 1. The number of nitrogens with one attached hydrogen (secondary N) is 1. The van der Waals surface area contributed by atoms with E-state index in [1.165, 1.54) is 77.0 Å². The quantitative estimate of drug-likeness (QED) is 0.108. The Morgan fingerprint density at radius 1 is 0.714 bits per heavy atom. The van der Waals surface area contributed by atoms with Crippen molar-refractivity contribution in [3.63, 3.8) is 0 Å². The van der Waals surface area contributed by atoms with Crippen molar-refractivity contribution in [2.45, 2.75) is 110 Å². The van der Waals surface area contributed by atoms with Crippen LogP contribution in [0.2, 0.25) is 0 Å². The summed E-state index contributed by atoms with van der Waals surface area (Å²) in [5.41, 5.74) is 0.694. The van der Waals surface area contributed by atoms with E-state index in [-0.39, 0.29) is 17.3 Å². The zero-order valence-electron chi connectivity index (χ0n) is 21.3. The van der Waals surface area contributed by atoms with Gasteiger partial charge in [0.05, 0.1) is 5.56 Å². The normalized spacial score (nSPS) is 12.7. The van der Waals surface area contributed by atoms with Gasteiger partial charge in [0.15, 0.2) is 0 Å². The first kappa shape index (κ1) is 26.9. The average Bonchev–Trinajstić information content (AvgIpc) is 2.85. The van der Waals surface area contributed by atoms with Gasteiger partial charge in [-0.05, 0) is 23.9 Å². The number of carbonyl (C=O) groups excluding carboxylic acids is 3. The number of amides is 2. The molecule has 0 unspecified atom stereocenters. The third-order valence-corrected chi connectivity index (χ3v) is 6.91. The number of benzene rings is 2. The SMILES string of the molecule is CCCCCCCCCCCCCCCCCC(=O)Oc1ccc2cccc3c2c1C(=O)NC3=O. The Kier molecular flexibility index (Phi) is 11.3. The lowest BCUT2D eigenvalue weighted by Gasteiger charge is -2.19. The van der Waals surface area contributed by atoms with Crippen LogP contribution in [-0.4, -0.2) is 17.8 Å². The second kappa shape index (κ2) is 14.7. The van der Waals surface area contributed by atoms with Crippen LogP contribution in [0.4, 0.5) is 0 Å². The maximum absolute atomic E-state index is 12.5. The molecule has 1 heterocycles. The van der Waals surface area contributed by atoms with Gasteiger partial charge in [-0.1, -0.05) is 115 Å². The Morgan fingerprint density at radius 2 is 1.29 bits per heavy atom. The van der Waals surface area contributed by atoms with E-state index in [2.05, 4.69) is 12.2 Å². The topological polar surface area (TPSA) is 72.5 Å². The number of hydrogen-bond acceptors (Lipinski definition) is 4. The van der Waals surface area contributed by atoms with Crippen molar-refractivity contribution in [3.05, 3.63) is 41.5 Å². The lowest BCUT2D eigenvalue weighted by molar-refractivity contribution is -0.134. The van der Waals surface area contributed by atoms with E-state index < -0.39 is 11.8 Å². The van der Waals surface area contributed by atoms with Crippen LogP contribution in [0.25, 0.3) is 10.8 Å². The summed E-state index contributed by atoms with van der Waals surface area (Å²) in [7, 11) is 0. The van der Waals surface area contributed by atoms with Gasteiger partial charge >= 0.3 is 5.97 Å². The van der Waals surface area contributed by atoms with Crippen molar-refractivity contribution in [3.8, 4) is 5.75 Å². The fourth-order valence-electron chi connectivity index (χ4n) is 4.91. The van der Waals surface area contributed by atoms with Crippen molar-refractivity contribution in [1.82, 2.24) is 5.32 Å². The van der Waals surface area contributed by atoms with E-state index in [1.807, 2.05) is 6.07 Å². The first-order valence-electron chi connectivity index (χ1n) is 13.7. The third kappa shape index (κ3) is 8.19. The van der Waals surface area contributed by atoms with E-state index in [0.717, 1.165) is 24.6 Å². The van der Waals surface area contributed by atoms with Crippen LogP contribution in [0.1, 0.15) is 130 Å². The van der Waals surface area contributed by atoms with Crippen LogP contribution < -0.4 is 10.1 Å². The molecule has 0 fully saturated rings. The van der Waals surface area contributed by atoms with Crippen molar-refractivity contribution in [1.29, 1.82) is 0 Å². The molecule has 0 spiro atoms. The number of carbonyl (C=O) groups is 3. The molecule has 0 saturated heterocycles. The maximum atomic E-state index is 12.5. The minimum Gasteiger partial charge on any atom is -0.426 e. The maximum Gasteiger partial charge on any atom is 0.311 e. The zero-order valence-corrected chi connectivity index (χ0v) is 21.3. The second-order valence-corrected chi connectivity index (χ2v) is 9.80. The number of unbranched alkanes of at least 4 members (excludes halogenated alkanes) is 14. The van der Waals surface area contributed by atoms with E-state index in [9.17, 15) is 14.4 Å². The van der Waals surface area contributed by atoms with Gasteiger partial charge in [-0.3, -0.25) is 19.7 Å². The highest BCUT2D eigenvalue weighted by Gasteiger charge is 2.28. The Morgan fingerprint density at radius 3 is 1.89 bits per heavy atom. The molecular weight excluding hydrogens is 438 g/mol. The lowest BCUT2D eigenvalue weighted by Crippen LogP contribution is -2.35. The molecule has 35 heavy (non-hydrogen) atoms. The molecule has 5 heteroatoms. The van der Waals surface area contributed by atoms with Crippen LogP contribution in [-0.2, 0) is 4.79 Å². The second-order valence-electron chi connectivity index (χ2n) is 9.80. The molecule has 1 aliphatic rings. The third-order valence-electron chi connectivity index (χ3n) is 6.91. The standard InChI is InChI=1S/C30H41NO4/c1-2-3-4-5-6-7-8-9-10-11-12-13-14-15-16-20-26(32)35-25-22-21-23-18-17-19-24-27(23)28(25)30(34)31-29(24)33/h17-19,21-22H,2-16,20H2,1H3,(H,31,33,34). The van der Waals surface area contributed by atoms with Crippen LogP contribution >= 0.6 is 0 Å². The van der Waals surface area contributed by atoms with E-state index in [1.54, 1.807) is 24.3 Å². The predicted molar refractivity (Wildman–Crippen MR) is 141 cm³/mol. The van der Waals surface area contributed by atoms with Crippen molar-refractivity contribution < 1.29 is 19.1 Å². The van der Waals surface area contributed by atoms with Gasteiger partial charge in [0, 0.05) is 17.4 Å². The fraction of sp³-hybridized carbons (Fsp3) is 0.567. The van der Waals surface area contributed by atoms with Gasteiger partial charge in [-0.15, -0.1) is 0 Å². The molecular formula is C30H41NO4. The first-order chi connectivity index (χ1) is 17.1. The van der Waals surface area contributed by atoms with Gasteiger partial charge in [0.1, 0.15) is 5.75 Å². The lowest BCUT2D eigenvalue weighted by atomic mass is 9.94. The monoisotopic (exact) mass is 479 g/mol. The summed E-state index contributed by atoms with van der Waals surface area (Å²) in [6.45, 7) is 2.26. The highest BCUT2D eigenvalue weighted by Crippen LogP contribution is 2.33. The Labute approximate surface area is 210 Å². The minimum absolute atomic E-state index is 0.223.